The average Bonchev–Trinajstić information content (AvgIpc) is 2.67. The van der Waals surface area contributed by atoms with Gasteiger partial charge < -0.3 is 10.6 Å². The summed E-state index contributed by atoms with van der Waals surface area (Å²) in [7, 11) is 0. The van der Waals surface area contributed by atoms with E-state index in [1.165, 1.54) is 12.8 Å². The minimum absolute atomic E-state index is 0.126. The normalized spacial score (nSPS) is 16.2. The van der Waals surface area contributed by atoms with E-state index in [2.05, 4.69) is 15.6 Å². The van der Waals surface area contributed by atoms with Crippen molar-refractivity contribution in [3.05, 3.63) is 23.9 Å². The molecular formula is C15H21N3O2. The molecule has 1 aromatic rings. The molecule has 1 saturated carbocycles. The molecule has 5 nitrogen and oxygen atoms in total. The van der Waals surface area contributed by atoms with Gasteiger partial charge >= 0.3 is 11.8 Å². The maximum absolute atomic E-state index is 11.9. The summed E-state index contributed by atoms with van der Waals surface area (Å²) in [5.74, 6) is -0.807. The van der Waals surface area contributed by atoms with Crippen molar-refractivity contribution < 1.29 is 9.59 Å². The number of rotatable bonds is 2. The highest BCUT2D eigenvalue weighted by Crippen LogP contribution is 2.17. The summed E-state index contributed by atoms with van der Waals surface area (Å²) in [6.07, 6.45) is 6.58. The van der Waals surface area contributed by atoms with Gasteiger partial charge in [0.15, 0.2) is 0 Å². The molecule has 2 rings (SSSR count). The van der Waals surface area contributed by atoms with Crippen LogP contribution in [0.3, 0.4) is 0 Å². The van der Waals surface area contributed by atoms with Gasteiger partial charge in [-0.05, 0) is 31.9 Å². The molecule has 2 amide bonds. The molecule has 5 heteroatoms. The fourth-order valence-electron chi connectivity index (χ4n) is 2.46. The summed E-state index contributed by atoms with van der Waals surface area (Å²) >= 11 is 0. The SMILES string of the molecule is Cc1cccc(NC(=O)C(=O)NC2CCCCCC2)n1. The lowest BCUT2D eigenvalue weighted by Gasteiger charge is -2.15. The molecule has 20 heavy (non-hydrogen) atoms. The van der Waals surface area contributed by atoms with E-state index in [9.17, 15) is 9.59 Å². The summed E-state index contributed by atoms with van der Waals surface area (Å²) in [5, 5.41) is 5.34. The first-order valence-corrected chi connectivity index (χ1v) is 7.20. The first-order valence-electron chi connectivity index (χ1n) is 7.20. The molecule has 0 aliphatic heterocycles. The van der Waals surface area contributed by atoms with Crippen molar-refractivity contribution in [1.29, 1.82) is 0 Å². The molecule has 108 valence electrons. The second-order valence-electron chi connectivity index (χ2n) is 5.28. The molecule has 0 saturated heterocycles. The first-order chi connectivity index (χ1) is 9.65. The second-order valence-corrected chi connectivity index (χ2v) is 5.28. The molecular weight excluding hydrogens is 254 g/mol. The van der Waals surface area contributed by atoms with Gasteiger partial charge in [0.05, 0.1) is 0 Å². The van der Waals surface area contributed by atoms with E-state index in [-0.39, 0.29) is 6.04 Å². The monoisotopic (exact) mass is 275 g/mol. The Kier molecular flexibility index (Phi) is 5.09. The van der Waals surface area contributed by atoms with E-state index in [1.807, 2.05) is 13.0 Å². The van der Waals surface area contributed by atoms with E-state index < -0.39 is 11.8 Å². The molecule has 0 unspecified atom stereocenters. The Balaban J connectivity index is 1.86. The molecule has 2 N–H and O–H groups in total. The number of carbonyl (C=O) groups is 2. The minimum Gasteiger partial charge on any atom is -0.345 e. The third-order valence-electron chi connectivity index (χ3n) is 3.53. The van der Waals surface area contributed by atoms with Gasteiger partial charge in [-0.2, -0.15) is 0 Å². The fourth-order valence-corrected chi connectivity index (χ4v) is 2.46. The topological polar surface area (TPSA) is 71.1 Å². The number of nitrogens with one attached hydrogen (secondary N) is 2. The molecule has 1 heterocycles. The second kappa shape index (κ2) is 7.03. The third-order valence-corrected chi connectivity index (χ3v) is 3.53. The maximum atomic E-state index is 11.9. The van der Waals surface area contributed by atoms with Crippen molar-refractivity contribution in [2.45, 2.75) is 51.5 Å². The van der Waals surface area contributed by atoms with Crippen LogP contribution >= 0.6 is 0 Å². The van der Waals surface area contributed by atoms with Gasteiger partial charge in [-0.15, -0.1) is 0 Å². The van der Waals surface area contributed by atoms with E-state index in [0.717, 1.165) is 31.4 Å². The van der Waals surface area contributed by atoms with Crippen LogP contribution in [0, 0.1) is 6.92 Å². The number of carbonyl (C=O) groups excluding carboxylic acids is 2. The molecule has 0 radical (unpaired) electrons. The molecule has 0 aromatic carbocycles. The van der Waals surface area contributed by atoms with Crippen molar-refractivity contribution >= 4 is 17.6 Å². The predicted molar refractivity (Wildman–Crippen MR) is 77.2 cm³/mol. The van der Waals surface area contributed by atoms with Crippen molar-refractivity contribution in [3.63, 3.8) is 0 Å². The van der Waals surface area contributed by atoms with Crippen molar-refractivity contribution in [3.8, 4) is 0 Å². The number of hydrogen-bond acceptors (Lipinski definition) is 3. The van der Waals surface area contributed by atoms with Gasteiger partial charge in [0.25, 0.3) is 0 Å². The Morgan fingerprint density at radius 2 is 1.80 bits per heavy atom. The van der Waals surface area contributed by atoms with E-state index in [4.69, 9.17) is 0 Å². The summed E-state index contributed by atoms with van der Waals surface area (Å²) in [4.78, 5) is 27.8. The molecule has 0 bridgehead atoms. The van der Waals surface area contributed by atoms with Gasteiger partial charge in [0.1, 0.15) is 5.82 Å². The van der Waals surface area contributed by atoms with Crippen LogP contribution in [0.2, 0.25) is 0 Å². The lowest BCUT2D eigenvalue weighted by Crippen LogP contribution is -2.41. The van der Waals surface area contributed by atoms with Gasteiger partial charge in [-0.25, -0.2) is 4.98 Å². The van der Waals surface area contributed by atoms with Crippen LogP contribution in [0.25, 0.3) is 0 Å². The Morgan fingerprint density at radius 3 is 2.45 bits per heavy atom. The number of anilines is 1. The Morgan fingerprint density at radius 1 is 1.10 bits per heavy atom. The highest BCUT2D eigenvalue weighted by atomic mass is 16.2. The number of aryl methyl sites for hydroxylation is 1. The zero-order valence-corrected chi connectivity index (χ0v) is 11.8. The van der Waals surface area contributed by atoms with Gasteiger partial charge in [0.2, 0.25) is 0 Å². The van der Waals surface area contributed by atoms with Crippen molar-refractivity contribution in [2.24, 2.45) is 0 Å². The smallest absolute Gasteiger partial charge is 0.314 e. The van der Waals surface area contributed by atoms with Crippen molar-refractivity contribution in [2.75, 3.05) is 5.32 Å². The van der Waals surface area contributed by atoms with Crippen LogP contribution in [0.1, 0.15) is 44.2 Å². The number of aromatic nitrogens is 1. The Labute approximate surface area is 119 Å². The third kappa shape index (κ3) is 4.33. The quantitative estimate of drug-likeness (QED) is 0.642. The van der Waals surface area contributed by atoms with Gasteiger partial charge in [0, 0.05) is 11.7 Å². The summed E-state index contributed by atoms with van der Waals surface area (Å²) in [5.41, 5.74) is 0.798. The Hall–Kier alpha value is -1.91. The van der Waals surface area contributed by atoms with Crippen molar-refractivity contribution in [1.82, 2.24) is 10.3 Å². The zero-order valence-electron chi connectivity index (χ0n) is 11.8. The lowest BCUT2D eigenvalue weighted by atomic mass is 10.1. The van der Waals surface area contributed by atoms with Crippen LogP contribution in [0.15, 0.2) is 18.2 Å². The fraction of sp³-hybridized carbons (Fsp3) is 0.533. The number of hydrogen-bond donors (Lipinski definition) is 2. The van der Waals surface area contributed by atoms with E-state index in [0.29, 0.717) is 5.82 Å². The van der Waals surface area contributed by atoms with E-state index >= 15 is 0 Å². The minimum atomic E-state index is -0.646. The highest BCUT2D eigenvalue weighted by molar-refractivity contribution is 6.39. The lowest BCUT2D eigenvalue weighted by molar-refractivity contribution is -0.136. The molecule has 1 aliphatic rings. The summed E-state index contributed by atoms with van der Waals surface area (Å²) in [6, 6.07) is 5.42. The predicted octanol–water partition coefficient (Wildman–Crippen LogP) is 2.17. The van der Waals surface area contributed by atoms with Gasteiger partial charge in [-0.1, -0.05) is 31.7 Å². The molecule has 1 aromatic heterocycles. The first kappa shape index (κ1) is 14.5. The standard InChI is InChI=1S/C15H21N3O2/c1-11-7-6-10-13(16-11)18-15(20)14(19)17-12-8-4-2-3-5-9-12/h6-7,10,12H,2-5,8-9H2,1H3,(H,17,19)(H,16,18,20). The Bertz CT molecular complexity index is 480. The van der Waals surface area contributed by atoms with Crippen LogP contribution in [0.4, 0.5) is 5.82 Å². The summed E-state index contributed by atoms with van der Waals surface area (Å²) in [6.45, 7) is 1.83. The average molecular weight is 275 g/mol. The van der Waals surface area contributed by atoms with Crippen LogP contribution in [-0.4, -0.2) is 22.8 Å². The summed E-state index contributed by atoms with van der Waals surface area (Å²) < 4.78 is 0. The molecule has 0 atom stereocenters. The van der Waals surface area contributed by atoms with E-state index in [1.54, 1.807) is 12.1 Å². The highest BCUT2D eigenvalue weighted by Gasteiger charge is 2.20. The largest absolute Gasteiger partial charge is 0.345 e. The number of pyridine rings is 1. The van der Waals surface area contributed by atoms with Gasteiger partial charge in [-0.3, -0.25) is 9.59 Å². The number of amides is 2. The molecule has 1 fully saturated rings. The zero-order chi connectivity index (χ0) is 14.4. The maximum Gasteiger partial charge on any atom is 0.314 e. The van der Waals surface area contributed by atoms with Crippen LogP contribution in [-0.2, 0) is 9.59 Å². The van der Waals surface area contributed by atoms with Crippen LogP contribution in [0.5, 0.6) is 0 Å². The molecule has 1 aliphatic carbocycles. The molecule has 0 spiro atoms. The van der Waals surface area contributed by atoms with Crippen LogP contribution < -0.4 is 10.6 Å². The number of nitrogens with zero attached hydrogens (tertiary/aromatic N) is 1.